The Morgan fingerprint density at radius 3 is 2.86 bits per heavy atom. The van der Waals surface area contributed by atoms with Gasteiger partial charge < -0.3 is 14.6 Å². The van der Waals surface area contributed by atoms with E-state index in [9.17, 15) is 5.11 Å². The first kappa shape index (κ1) is 11.5. The molecule has 1 aromatic rings. The second-order valence-electron chi connectivity index (χ2n) is 2.77. The first-order valence-electron chi connectivity index (χ1n) is 4.28. The van der Waals surface area contributed by atoms with Gasteiger partial charge in [0.2, 0.25) is 0 Å². The average molecular weight is 217 g/mol. The molecule has 1 atom stereocenters. The van der Waals surface area contributed by atoms with E-state index in [4.69, 9.17) is 21.1 Å². The molecule has 0 aliphatic rings. The maximum Gasteiger partial charge on any atom is 0.181 e. The number of benzene rings is 1. The summed E-state index contributed by atoms with van der Waals surface area (Å²) in [5, 5.41) is 10.1. The molecule has 1 rings (SSSR count). The Morgan fingerprint density at radius 2 is 2.21 bits per heavy atom. The fourth-order valence-corrected chi connectivity index (χ4v) is 1.20. The zero-order valence-electron chi connectivity index (χ0n) is 7.94. The number of hydrogen-bond acceptors (Lipinski definition) is 3. The minimum Gasteiger partial charge on any atom is -0.382 e. The molecule has 4 heteroatoms. The number of aliphatic hydroxyl groups excluding tert-OH is 1. The third kappa shape index (κ3) is 3.64. The van der Waals surface area contributed by atoms with Gasteiger partial charge in [-0.3, -0.25) is 0 Å². The molecule has 0 heterocycles. The van der Waals surface area contributed by atoms with E-state index in [1.165, 1.54) is 0 Å². The van der Waals surface area contributed by atoms with Crippen molar-refractivity contribution in [3.05, 3.63) is 34.9 Å². The molecule has 78 valence electrons. The van der Waals surface area contributed by atoms with Crippen LogP contribution in [0.15, 0.2) is 24.3 Å². The van der Waals surface area contributed by atoms with Crippen LogP contribution in [0.3, 0.4) is 0 Å². The van der Waals surface area contributed by atoms with Crippen molar-refractivity contribution in [2.24, 2.45) is 0 Å². The molecule has 0 radical (unpaired) electrons. The maximum absolute atomic E-state index is 9.54. The third-order valence-corrected chi connectivity index (χ3v) is 1.93. The molecule has 0 aliphatic carbocycles. The van der Waals surface area contributed by atoms with E-state index in [1.807, 2.05) is 0 Å². The Kier molecular flexibility index (Phi) is 4.90. The van der Waals surface area contributed by atoms with Gasteiger partial charge >= 0.3 is 0 Å². The Hall–Kier alpha value is -0.610. The molecular weight excluding hydrogens is 204 g/mol. The second-order valence-corrected chi connectivity index (χ2v) is 3.21. The van der Waals surface area contributed by atoms with E-state index in [-0.39, 0.29) is 0 Å². The van der Waals surface area contributed by atoms with E-state index in [1.54, 1.807) is 31.4 Å². The molecule has 3 nitrogen and oxygen atoms in total. The van der Waals surface area contributed by atoms with Gasteiger partial charge in [0.05, 0.1) is 13.2 Å². The molecule has 0 bridgehead atoms. The summed E-state index contributed by atoms with van der Waals surface area (Å²) in [5.41, 5.74) is 0.647. The molecule has 1 unspecified atom stereocenters. The molecule has 0 fully saturated rings. The van der Waals surface area contributed by atoms with Gasteiger partial charge in [-0.25, -0.2) is 0 Å². The second kappa shape index (κ2) is 5.98. The van der Waals surface area contributed by atoms with Crippen molar-refractivity contribution in [1.29, 1.82) is 0 Å². The van der Waals surface area contributed by atoms with Crippen LogP contribution < -0.4 is 0 Å². The highest BCUT2D eigenvalue weighted by Gasteiger charge is 2.07. The highest BCUT2D eigenvalue weighted by Crippen LogP contribution is 2.18. The minimum atomic E-state index is -0.941. The zero-order chi connectivity index (χ0) is 10.4. The summed E-state index contributed by atoms with van der Waals surface area (Å²) in [6, 6.07) is 6.93. The summed E-state index contributed by atoms with van der Waals surface area (Å²) in [4.78, 5) is 0. The predicted octanol–water partition coefficient (Wildman–Crippen LogP) is 1.99. The molecule has 14 heavy (non-hydrogen) atoms. The van der Waals surface area contributed by atoms with Gasteiger partial charge in [0.25, 0.3) is 0 Å². The molecule has 1 N–H and O–H groups in total. The molecule has 1 aromatic carbocycles. The lowest BCUT2D eigenvalue weighted by atomic mass is 10.2. The third-order valence-electron chi connectivity index (χ3n) is 1.70. The van der Waals surface area contributed by atoms with E-state index >= 15 is 0 Å². The first-order valence-corrected chi connectivity index (χ1v) is 4.66. The maximum atomic E-state index is 9.54. The van der Waals surface area contributed by atoms with Gasteiger partial charge in [-0.1, -0.05) is 23.7 Å². The molecule has 0 aromatic heterocycles. The van der Waals surface area contributed by atoms with Gasteiger partial charge in [-0.2, -0.15) is 0 Å². The van der Waals surface area contributed by atoms with Gasteiger partial charge in [0.1, 0.15) is 0 Å². The van der Waals surface area contributed by atoms with Gasteiger partial charge in [-0.15, -0.1) is 0 Å². The number of hydrogen-bond donors (Lipinski definition) is 1. The summed E-state index contributed by atoms with van der Waals surface area (Å²) < 4.78 is 9.88. The lowest BCUT2D eigenvalue weighted by Gasteiger charge is -2.11. The van der Waals surface area contributed by atoms with E-state index in [0.717, 1.165) is 0 Å². The van der Waals surface area contributed by atoms with Crippen LogP contribution in [-0.2, 0) is 9.47 Å². The highest BCUT2D eigenvalue weighted by molar-refractivity contribution is 6.30. The van der Waals surface area contributed by atoms with Crippen LogP contribution in [0.1, 0.15) is 11.9 Å². The van der Waals surface area contributed by atoms with Crippen LogP contribution in [0.25, 0.3) is 0 Å². The fraction of sp³-hybridized carbons (Fsp3) is 0.400. The number of halogens is 1. The monoisotopic (exact) mass is 216 g/mol. The Bertz CT molecular complexity index is 278. The summed E-state index contributed by atoms with van der Waals surface area (Å²) in [6.45, 7) is 0.807. The number of ether oxygens (including phenoxy) is 2. The largest absolute Gasteiger partial charge is 0.382 e. The molecule has 0 amide bonds. The van der Waals surface area contributed by atoms with Crippen LogP contribution in [0, 0.1) is 0 Å². The van der Waals surface area contributed by atoms with Crippen LogP contribution in [-0.4, -0.2) is 25.4 Å². The number of methoxy groups -OCH3 is 1. The summed E-state index contributed by atoms with van der Waals surface area (Å²) >= 11 is 5.76. The highest BCUT2D eigenvalue weighted by atomic mass is 35.5. The lowest BCUT2D eigenvalue weighted by molar-refractivity contribution is -0.113. The normalized spacial score (nSPS) is 12.8. The molecule has 0 saturated heterocycles. The van der Waals surface area contributed by atoms with Crippen molar-refractivity contribution < 1.29 is 14.6 Å². The van der Waals surface area contributed by atoms with Crippen molar-refractivity contribution in [2.45, 2.75) is 6.29 Å². The summed E-state index contributed by atoms with van der Waals surface area (Å²) in [6.07, 6.45) is -0.941. The quantitative estimate of drug-likeness (QED) is 0.605. The smallest absolute Gasteiger partial charge is 0.181 e. The predicted molar refractivity (Wildman–Crippen MR) is 54.2 cm³/mol. The summed E-state index contributed by atoms with van der Waals surface area (Å²) in [5.74, 6) is 0. The van der Waals surface area contributed by atoms with Crippen molar-refractivity contribution in [3.8, 4) is 0 Å². The number of rotatable bonds is 5. The topological polar surface area (TPSA) is 38.7 Å². The first-order chi connectivity index (χ1) is 6.74. The average Bonchev–Trinajstić information content (AvgIpc) is 2.18. The van der Waals surface area contributed by atoms with Crippen LogP contribution in [0.5, 0.6) is 0 Å². The summed E-state index contributed by atoms with van der Waals surface area (Å²) in [7, 11) is 1.58. The van der Waals surface area contributed by atoms with Gasteiger partial charge in [-0.05, 0) is 12.1 Å². The molecule has 0 saturated carbocycles. The SMILES string of the molecule is COCCOC(O)c1cccc(Cl)c1. The molecule has 0 spiro atoms. The van der Waals surface area contributed by atoms with Crippen LogP contribution >= 0.6 is 11.6 Å². The van der Waals surface area contributed by atoms with Crippen molar-refractivity contribution >= 4 is 11.6 Å². The van der Waals surface area contributed by atoms with E-state index in [0.29, 0.717) is 23.8 Å². The molecular formula is C10H13ClO3. The molecule has 0 aliphatic heterocycles. The van der Waals surface area contributed by atoms with Gasteiger partial charge in [0, 0.05) is 17.7 Å². The Morgan fingerprint density at radius 1 is 1.43 bits per heavy atom. The van der Waals surface area contributed by atoms with Gasteiger partial charge in [0.15, 0.2) is 6.29 Å². The van der Waals surface area contributed by atoms with Crippen LogP contribution in [0.4, 0.5) is 0 Å². The van der Waals surface area contributed by atoms with Crippen molar-refractivity contribution in [3.63, 3.8) is 0 Å². The standard InChI is InChI=1S/C10H13ClO3/c1-13-5-6-14-10(12)8-3-2-4-9(11)7-8/h2-4,7,10,12H,5-6H2,1H3. The minimum absolute atomic E-state index is 0.351. The fourth-order valence-electron chi connectivity index (χ4n) is 0.999. The van der Waals surface area contributed by atoms with E-state index in [2.05, 4.69) is 0 Å². The van der Waals surface area contributed by atoms with E-state index < -0.39 is 6.29 Å². The van der Waals surface area contributed by atoms with Crippen molar-refractivity contribution in [1.82, 2.24) is 0 Å². The number of aliphatic hydroxyl groups is 1. The zero-order valence-corrected chi connectivity index (χ0v) is 8.70. The Labute approximate surface area is 88.2 Å². The lowest BCUT2D eigenvalue weighted by Crippen LogP contribution is -2.08. The van der Waals surface area contributed by atoms with Crippen molar-refractivity contribution in [2.75, 3.05) is 20.3 Å². The Balaban J connectivity index is 2.47. The van der Waals surface area contributed by atoms with Crippen LogP contribution in [0.2, 0.25) is 5.02 Å².